The number of furan rings is 1. The first-order valence-corrected chi connectivity index (χ1v) is 7.29. The average Bonchev–Trinajstić information content (AvgIpc) is 3.14. The summed E-state index contributed by atoms with van der Waals surface area (Å²) >= 11 is 6.40. The summed E-state index contributed by atoms with van der Waals surface area (Å²) in [5.41, 5.74) is 1.85. The lowest BCUT2D eigenvalue weighted by atomic mass is 10.1. The van der Waals surface area contributed by atoms with Crippen molar-refractivity contribution >= 4 is 17.3 Å². The molecule has 0 aliphatic heterocycles. The normalized spacial score (nSPS) is 16.1. The van der Waals surface area contributed by atoms with Gasteiger partial charge in [0.2, 0.25) is 0 Å². The molecule has 3 nitrogen and oxygen atoms in total. The summed E-state index contributed by atoms with van der Waals surface area (Å²) in [6.45, 7) is 2.47. The van der Waals surface area contributed by atoms with Gasteiger partial charge in [0.05, 0.1) is 29.6 Å². The molecule has 1 N–H and O–H groups in total. The van der Waals surface area contributed by atoms with Crippen molar-refractivity contribution in [2.45, 2.75) is 38.5 Å². The molecule has 1 aromatic carbocycles. The summed E-state index contributed by atoms with van der Waals surface area (Å²) in [6.07, 6.45) is 3.57. The van der Waals surface area contributed by atoms with Crippen molar-refractivity contribution in [3.63, 3.8) is 0 Å². The lowest BCUT2D eigenvalue weighted by Gasteiger charge is -2.25. The fraction of sp³-hybridized carbons (Fsp3) is 0.375. The minimum Gasteiger partial charge on any atom is -0.467 e. The van der Waals surface area contributed by atoms with E-state index in [2.05, 4.69) is 4.90 Å². The Balaban J connectivity index is 1.87. The Morgan fingerprint density at radius 1 is 1.40 bits per heavy atom. The first-order chi connectivity index (χ1) is 9.65. The third-order valence-corrected chi connectivity index (χ3v) is 3.96. The van der Waals surface area contributed by atoms with Gasteiger partial charge in [0, 0.05) is 6.04 Å². The SMILES string of the molecule is CC(O)c1ccc(N(Cc2ccco2)C2CC2)c(Cl)c1. The Bertz CT molecular complexity index is 576. The molecule has 0 bridgehead atoms. The second kappa shape index (κ2) is 5.51. The van der Waals surface area contributed by atoms with Crippen molar-refractivity contribution in [1.29, 1.82) is 0 Å². The number of rotatable bonds is 5. The van der Waals surface area contributed by atoms with Crippen molar-refractivity contribution in [3.8, 4) is 0 Å². The number of halogens is 1. The molecule has 1 saturated carbocycles. The van der Waals surface area contributed by atoms with Crippen LogP contribution in [0.25, 0.3) is 0 Å². The molecule has 1 aliphatic rings. The summed E-state index contributed by atoms with van der Waals surface area (Å²) in [6, 6.07) is 10.2. The highest BCUT2D eigenvalue weighted by Gasteiger charge is 2.31. The first kappa shape index (κ1) is 13.5. The third kappa shape index (κ3) is 2.84. The standard InChI is InChI=1S/C16H18ClNO2/c1-11(19)12-4-7-16(15(17)9-12)18(13-5-6-13)10-14-3-2-8-20-14/h2-4,7-9,11,13,19H,5-6,10H2,1H3. The highest BCUT2D eigenvalue weighted by atomic mass is 35.5. The van der Waals surface area contributed by atoms with Gasteiger partial charge in [-0.05, 0) is 49.6 Å². The van der Waals surface area contributed by atoms with Crippen LogP contribution >= 0.6 is 11.6 Å². The van der Waals surface area contributed by atoms with Gasteiger partial charge in [-0.3, -0.25) is 0 Å². The maximum atomic E-state index is 9.62. The Morgan fingerprint density at radius 2 is 2.20 bits per heavy atom. The molecule has 1 atom stereocenters. The Hall–Kier alpha value is -1.45. The topological polar surface area (TPSA) is 36.6 Å². The summed E-state index contributed by atoms with van der Waals surface area (Å²) in [4.78, 5) is 2.28. The van der Waals surface area contributed by atoms with Crippen LogP contribution in [0, 0.1) is 0 Å². The number of hydrogen-bond donors (Lipinski definition) is 1. The van der Waals surface area contributed by atoms with E-state index in [1.54, 1.807) is 13.2 Å². The van der Waals surface area contributed by atoms with Gasteiger partial charge in [-0.1, -0.05) is 17.7 Å². The van der Waals surface area contributed by atoms with Crippen LogP contribution in [0.5, 0.6) is 0 Å². The minimum absolute atomic E-state index is 0.499. The molecule has 0 saturated heterocycles. The quantitative estimate of drug-likeness (QED) is 0.899. The summed E-state index contributed by atoms with van der Waals surface area (Å²) in [5.74, 6) is 0.938. The molecule has 0 amide bonds. The van der Waals surface area contributed by atoms with Crippen LogP contribution in [0.4, 0.5) is 5.69 Å². The van der Waals surface area contributed by atoms with E-state index < -0.39 is 6.10 Å². The van der Waals surface area contributed by atoms with Crippen LogP contribution in [0.3, 0.4) is 0 Å². The molecular formula is C16H18ClNO2. The Morgan fingerprint density at radius 3 is 2.75 bits per heavy atom. The second-order valence-corrected chi connectivity index (χ2v) is 5.73. The molecule has 0 radical (unpaired) electrons. The molecule has 4 heteroatoms. The van der Waals surface area contributed by atoms with E-state index in [0.29, 0.717) is 11.1 Å². The molecule has 1 fully saturated rings. The molecule has 3 rings (SSSR count). The fourth-order valence-electron chi connectivity index (χ4n) is 2.38. The number of aliphatic hydroxyl groups excluding tert-OH is 1. The van der Waals surface area contributed by atoms with E-state index in [4.69, 9.17) is 16.0 Å². The molecular weight excluding hydrogens is 274 g/mol. The largest absolute Gasteiger partial charge is 0.467 e. The van der Waals surface area contributed by atoms with E-state index in [1.165, 1.54) is 12.8 Å². The maximum absolute atomic E-state index is 9.62. The summed E-state index contributed by atoms with van der Waals surface area (Å²) < 4.78 is 5.44. The van der Waals surface area contributed by atoms with Gasteiger partial charge < -0.3 is 14.4 Å². The highest BCUT2D eigenvalue weighted by molar-refractivity contribution is 6.33. The molecule has 0 spiro atoms. The molecule has 2 aromatic rings. The van der Waals surface area contributed by atoms with Crippen molar-refractivity contribution in [2.75, 3.05) is 4.90 Å². The molecule has 106 valence electrons. The van der Waals surface area contributed by atoms with E-state index in [-0.39, 0.29) is 0 Å². The van der Waals surface area contributed by atoms with Crippen LogP contribution in [0.1, 0.15) is 37.2 Å². The van der Waals surface area contributed by atoms with Gasteiger partial charge in [0.1, 0.15) is 5.76 Å². The monoisotopic (exact) mass is 291 g/mol. The van der Waals surface area contributed by atoms with Gasteiger partial charge in [-0.15, -0.1) is 0 Å². The number of hydrogen-bond acceptors (Lipinski definition) is 3. The van der Waals surface area contributed by atoms with E-state index in [1.807, 2.05) is 30.3 Å². The number of nitrogens with zero attached hydrogens (tertiary/aromatic N) is 1. The molecule has 1 heterocycles. The molecule has 1 unspecified atom stereocenters. The Kier molecular flexibility index (Phi) is 3.72. The van der Waals surface area contributed by atoms with Gasteiger partial charge in [-0.25, -0.2) is 0 Å². The van der Waals surface area contributed by atoms with Crippen molar-refractivity contribution < 1.29 is 9.52 Å². The fourth-order valence-corrected chi connectivity index (χ4v) is 2.68. The van der Waals surface area contributed by atoms with Crippen LogP contribution in [-0.4, -0.2) is 11.1 Å². The van der Waals surface area contributed by atoms with Crippen molar-refractivity contribution in [1.82, 2.24) is 0 Å². The van der Waals surface area contributed by atoms with Gasteiger partial charge >= 0.3 is 0 Å². The zero-order valence-electron chi connectivity index (χ0n) is 11.4. The van der Waals surface area contributed by atoms with Gasteiger partial charge in [0.15, 0.2) is 0 Å². The molecule has 1 aliphatic carbocycles. The van der Waals surface area contributed by atoms with Crippen LogP contribution in [-0.2, 0) is 6.54 Å². The number of anilines is 1. The smallest absolute Gasteiger partial charge is 0.123 e. The van der Waals surface area contributed by atoms with Gasteiger partial charge in [-0.2, -0.15) is 0 Å². The Labute approximate surface area is 123 Å². The third-order valence-electron chi connectivity index (χ3n) is 3.66. The predicted octanol–water partition coefficient (Wildman–Crippen LogP) is 4.16. The lowest BCUT2D eigenvalue weighted by Crippen LogP contribution is -2.25. The van der Waals surface area contributed by atoms with E-state index >= 15 is 0 Å². The average molecular weight is 292 g/mol. The second-order valence-electron chi connectivity index (χ2n) is 5.33. The van der Waals surface area contributed by atoms with Crippen LogP contribution < -0.4 is 4.90 Å². The van der Waals surface area contributed by atoms with Crippen molar-refractivity contribution in [3.05, 3.63) is 52.9 Å². The van der Waals surface area contributed by atoms with E-state index in [9.17, 15) is 5.11 Å². The van der Waals surface area contributed by atoms with Crippen molar-refractivity contribution in [2.24, 2.45) is 0 Å². The van der Waals surface area contributed by atoms with Gasteiger partial charge in [0.25, 0.3) is 0 Å². The van der Waals surface area contributed by atoms with E-state index in [0.717, 1.165) is 23.6 Å². The zero-order chi connectivity index (χ0) is 14.1. The minimum atomic E-state index is -0.499. The lowest BCUT2D eigenvalue weighted by molar-refractivity contribution is 0.199. The summed E-state index contributed by atoms with van der Waals surface area (Å²) in [5, 5.41) is 10.3. The molecule has 20 heavy (non-hydrogen) atoms. The zero-order valence-corrected chi connectivity index (χ0v) is 12.2. The van der Waals surface area contributed by atoms with Crippen LogP contribution in [0.15, 0.2) is 41.0 Å². The highest BCUT2D eigenvalue weighted by Crippen LogP contribution is 2.37. The molecule has 1 aromatic heterocycles. The maximum Gasteiger partial charge on any atom is 0.123 e. The number of benzene rings is 1. The first-order valence-electron chi connectivity index (χ1n) is 6.91. The van der Waals surface area contributed by atoms with Crippen LogP contribution in [0.2, 0.25) is 5.02 Å². The predicted molar refractivity (Wildman–Crippen MR) is 80.0 cm³/mol. The number of aliphatic hydroxyl groups is 1. The summed E-state index contributed by atoms with van der Waals surface area (Å²) in [7, 11) is 0.